The summed E-state index contributed by atoms with van der Waals surface area (Å²) in [6, 6.07) is 0. The summed E-state index contributed by atoms with van der Waals surface area (Å²) in [5.41, 5.74) is 0.138. The Morgan fingerprint density at radius 3 is 2.67 bits per heavy atom. The highest BCUT2D eigenvalue weighted by Crippen LogP contribution is 2.28. The Morgan fingerprint density at radius 2 is 2.00 bits per heavy atom. The number of hydrogen-bond acceptors (Lipinski definition) is 5. The molecule has 78 valence electrons. The molecule has 0 aromatic carbocycles. The molecule has 1 aliphatic carbocycles. The van der Waals surface area contributed by atoms with E-state index in [1.807, 2.05) is 0 Å². The molecule has 2 atom stereocenters. The van der Waals surface area contributed by atoms with Crippen LogP contribution >= 0.6 is 0 Å². The van der Waals surface area contributed by atoms with E-state index in [0.29, 0.717) is 6.29 Å². The number of rotatable bonds is 1. The summed E-state index contributed by atoms with van der Waals surface area (Å²) in [5.74, 6) is -0.791. The van der Waals surface area contributed by atoms with E-state index in [-0.39, 0.29) is 23.4 Å². The average molecular weight is 208 g/mol. The van der Waals surface area contributed by atoms with Crippen LogP contribution in [-0.2, 0) is 19.1 Å². The lowest BCUT2D eigenvalue weighted by Crippen LogP contribution is -2.37. The Bertz CT molecular complexity index is 404. The molecule has 15 heavy (non-hydrogen) atoms. The van der Waals surface area contributed by atoms with Gasteiger partial charge in [0.05, 0.1) is 5.57 Å². The van der Waals surface area contributed by atoms with Gasteiger partial charge >= 0.3 is 0 Å². The Hall–Kier alpha value is -1.59. The monoisotopic (exact) mass is 208 g/mol. The van der Waals surface area contributed by atoms with Gasteiger partial charge in [0.25, 0.3) is 0 Å². The van der Waals surface area contributed by atoms with Crippen molar-refractivity contribution in [1.82, 2.24) is 0 Å². The third-order valence-electron chi connectivity index (χ3n) is 2.38. The van der Waals surface area contributed by atoms with Crippen LogP contribution in [0.1, 0.15) is 6.42 Å². The van der Waals surface area contributed by atoms with Gasteiger partial charge in [-0.15, -0.1) is 0 Å². The molecular weight excluding hydrogens is 200 g/mol. The molecule has 0 radical (unpaired) electrons. The Labute approximate surface area is 85.0 Å². The molecular formula is C10H8O5. The van der Waals surface area contributed by atoms with Gasteiger partial charge in [-0.25, -0.2) is 0 Å². The predicted octanol–water partition coefficient (Wildman–Crippen LogP) is -0.703. The highest BCUT2D eigenvalue weighted by Gasteiger charge is 2.35. The van der Waals surface area contributed by atoms with Crippen LogP contribution < -0.4 is 0 Å². The Balaban J connectivity index is 2.43. The van der Waals surface area contributed by atoms with Gasteiger partial charge in [-0.1, -0.05) is 0 Å². The standard InChI is InChI=1S/C10H8O5/c11-4-5-3-6-7(12)1-2-8(13)9(6)10(14)15-5/h1-2,4-5,10,14H,3H2. The highest BCUT2D eigenvalue weighted by molar-refractivity contribution is 6.20. The molecule has 0 saturated carbocycles. The second-order valence-electron chi connectivity index (χ2n) is 3.32. The summed E-state index contributed by atoms with van der Waals surface area (Å²) in [6.45, 7) is 0. The minimum absolute atomic E-state index is 0.0411. The topological polar surface area (TPSA) is 80.7 Å². The number of carbonyl (C=O) groups excluding carboxylic acids is 3. The summed E-state index contributed by atoms with van der Waals surface area (Å²) in [6.07, 6.45) is 0.441. The van der Waals surface area contributed by atoms with Gasteiger partial charge in [0.15, 0.2) is 17.9 Å². The number of aldehydes is 1. The van der Waals surface area contributed by atoms with Crippen molar-refractivity contribution >= 4 is 17.9 Å². The van der Waals surface area contributed by atoms with Gasteiger partial charge in [-0.2, -0.15) is 0 Å². The zero-order chi connectivity index (χ0) is 11.0. The van der Waals surface area contributed by atoms with Crippen molar-refractivity contribution in [2.45, 2.75) is 18.8 Å². The van der Waals surface area contributed by atoms with E-state index in [1.165, 1.54) is 0 Å². The van der Waals surface area contributed by atoms with E-state index in [1.54, 1.807) is 0 Å². The molecule has 1 N–H and O–H groups in total. The molecule has 0 aromatic rings. The second kappa shape index (κ2) is 3.52. The molecule has 1 heterocycles. The molecule has 0 bridgehead atoms. The van der Waals surface area contributed by atoms with Gasteiger partial charge in [-0.3, -0.25) is 9.59 Å². The van der Waals surface area contributed by atoms with E-state index >= 15 is 0 Å². The number of allylic oxidation sites excluding steroid dienone is 2. The Kier molecular flexibility index (Phi) is 2.34. The van der Waals surface area contributed by atoms with Crippen molar-refractivity contribution in [2.75, 3.05) is 0 Å². The van der Waals surface area contributed by atoms with Crippen molar-refractivity contribution < 1.29 is 24.2 Å². The van der Waals surface area contributed by atoms with Crippen LogP contribution in [-0.4, -0.2) is 35.4 Å². The van der Waals surface area contributed by atoms with Crippen LogP contribution in [0.5, 0.6) is 0 Å². The van der Waals surface area contributed by atoms with Gasteiger partial charge in [0.2, 0.25) is 0 Å². The quantitative estimate of drug-likeness (QED) is 0.455. The summed E-state index contributed by atoms with van der Waals surface area (Å²) < 4.78 is 4.85. The molecule has 0 spiro atoms. The normalized spacial score (nSPS) is 30.5. The number of hydrogen-bond donors (Lipinski definition) is 1. The van der Waals surface area contributed by atoms with E-state index in [0.717, 1.165) is 12.2 Å². The number of carbonyl (C=O) groups is 3. The Morgan fingerprint density at radius 1 is 1.33 bits per heavy atom. The minimum Gasteiger partial charge on any atom is -0.364 e. The zero-order valence-corrected chi connectivity index (χ0v) is 7.67. The van der Waals surface area contributed by atoms with Crippen molar-refractivity contribution in [1.29, 1.82) is 0 Å². The van der Waals surface area contributed by atoms with Gasteiger partial charge in [0, 0.05) is 12.0 Å². The van der Waals surface area contributed by atoms with Crippen LogP contribution in [0.2, 0.25) is 0 Å². The van der Waals surface area contributed by atoms with Crippen LogP contribution in [0.4, 0.5) is 0 Å². The predicted molar refractivity (Wildman–Crippen MR) is 47.7 cm³/mol. The fraction of sp³-hybridized carbons (Fsp3) is 0.300. The third-order valence-corrected chi connectivity index (χ3v) is 2.38. The minimum atomic E-state index is -1.48. The maximum atomic E-state index is 11.4. The summed E-state index contributed by atoms with van der Waals surface area (Å²) in [7, 11) is 0. The largest absolute Gasteiger partial charge is 0.364 e. The molecule has 2 rings (SSSR count). The van der Waals surface area contributed by atoms with Gasteiger partial charge < -0.3 is 14.6 Å². The third kappa shape index (κ3) is 1.55. The fourth-order valence-electron chi connectivity index (χ4n) is 1.67. The number of aliphatic hydroxyl groups excluding tert-OH is 1. The van der Waals surface area contributed by atoms with Crippen molar-refractivity contribution in [2.24, 2.45) is 0 Å². The lowest BCUT2D eigenvalue weighted by molar-refractivity contribution is -0.147. The highest BCUT2D eigenvalue weighted by atomic mass is 16.6. The zero-order valence-electron chi connectivity index (χ0n) is 7.67. The maximum Gasteiger partial charge on any atom is 0.187 e. The summed E-state index contributed by atoms with van der Waals surface area (Å²) in [5, 5.41) is 9.45. The molecule has 0 saturated heterocycles. The maximum absolute atomic E-state index is 11.4. The lowest BCUT2D eigenvalue weighted by atomic mass is 9.89. The van der Waals surface area contributed by atoms with E-state index in [2.05, 4.69) is 0 Å². The summed E-state index contributed by atoms with van der Waals surface area (Å²) >= 11 is 0. The van der Waals surface area contributed by atoms with Crippen molar-refractivity contribution in [3.8, 4) is 0 Å². The molecule has 0 aromatic heterocycles. The molecule has 5 nitrogen and oxygen atoms in total. The lowest BCUT2D eigenvalue weighted by Gasteiger charge is -2.28. The smallest absolute Gasteiger partial charge is 0.187 e. The van der Waals surface area contributed by atoms with Crippen LogP contribution in [0, 0.1) is 0 Å². The van der Waals surface area contributed by atoms with E-state index in [4.69, 9.17) is 4.74 Å². The summed E-state index contributed by atoms with van der Waals surface area (Å²) in [4.78, 5) is 33.3. The number of ketones is 2. The molecule has 2 unspecified atom stereocenters. The fourth-order valence-corrected chi connectivity index (χ4v) is 1.67. The van der Waals surface area contributed by atoms with Gasteiger partial charge in [-0.05, 0) is 12.2 Å². The first-order chi connectivity index (χ1) is 7.13. The van der Waals surface area contributed by atoms with Crippen LogP contribution in [0.3, 0.4) is 0 Å². The van der Waals surface area contributed by atoms with E-state index in [9.17, 15) is 19.5 Å². The van der Waals surface area contributed by atoms with Crippen LogP contribution in [0.15, 0.2) is 23.3 Å². The second-order valence-corrected chi connectivity index (χ2v) is 3.32. The first kappa shape index (κ1) is 9.95. The SMILES string of the molecule is O=CC1CC2=C(C(=O)C=CC2=O)C(O)O1. The number of ether oxygens (including phenoxy) is 1. The van der Waals surface area contributed by atoms with E-state index < -0.39 is 18.2 Å². The van der Waals surface area contributed by atoms with Gasteiger partial charge in [0.1, 0.15) is 12.4 Å². The molecule has 2 aliphatic rings. The van der Waals surface area contributed by atoms with Crippen molar-refractivity contribution in [3.63, 3.8) is 0 Å². The molecule has 5 heteroatoms. The molecule has 1 aliphatic heterocycles. The number of aliphatic hydroxyl groups is 1. The molecule has 0 fully saturated rings. The van der Waals surface area contributed by atoms with Crippen molar-refractivity contribution in [3.05, 3.63) is 23.3 Å². The molecule has 0 amide bonds. The first-order valence-corrected chi connectivity index (χ1v) is 4.42. The first-order valence-electron chi connectivity index (χ1n) is 4.42. The average Bonchev–Trinajstić information content (AvgIpc) is 2.23. The van der Waals surface area contributed by atoms with Crippen LogP contribution in [0.25, 0.3) is 0 Å².